The molecular formula is C12H27O3P. The van der Waals surface area contributed by atoms with Crippen molar-refractivity contribution in [2.45, 2.75) is 72.1 Å². The molecule has 1 atom stereocenters. The molecule has 0 aromatic carbocycles. The highest BCUT2D eigenvalue weighted by atomic mass is 31.2. The van der Waals surface area contributed by atoms with Gasteiger partial charge in [0, 0.05) is 0 Å². The SMILES string of the molecule is CCCCCCOP(=O)(OC(C)C)C(C)C. The van der Waals surface area contributed by atoms with E-state index in [2.05, 4.69) is 6.92 Å². The van der Waals surface area contributed by atoms with Crippen LogP contribution in [0.5, 0.6) is 0 Å². The lowest BCUT2D eigenvalue weighted by molar-refractivity contribution is 0.162. The zero-order valence-electron chi connectivity index (χ0n) is 11.4. The number of unbranched alkanes of at least 4 members (excludes halogenated alkanes) is 3. The third kappa shape index (κ3) is 6.67. The van der Waals surface area contributed by atoms with E-state index in [1.54, 1.807) is 0 Å². The molecule has 0 radical (unpaired) electrons. The van der Waals surface area contributed by atoms with Gasteiger partial charge in [-0.15, -0.1) is 0 Å². The van der Waals surface area contributed by atoms with Crippen LogP contribution in [0.25, 0.3) is 0 Å². The molecule has 16 heavy (non-hydrogen) atoms. The van der Waals surface area contributed by atoms with Gasteiger partial charge in [0.25, 0.3) is 0 Å². The fourth-order valence-corrected chi connectivity index (χ4v) is 2.89. The third-order valence-electron chi connectivity index (χ3n) is 2.26. The van der Waals surface area contributed by atoms with Crippen molar-refractivity contribution in [2.24, 2.45) is 0 Å². The van der Waals surface area contributed by atoms with Gasteiger partial charge in [-0.25, -0.2) is 0 Å². The minimum atomic E-state index is -2.90. The summed E-state index contributed by atoms with van der Waals surface area (Å²) in [5.41, 5.74) is -0.0684. The van der Waals surface area contributed by atoms with Gasteiger partial charge in [0.1, 0.15) is 0 Å². The Morgan fingerprint density at radius 1 is 1.06 bits per heavy atom. The normalized spacial score (nSPS) is 15.7. The molecule has 0 saturated heterocycles. The zero-order valence-corrected chi connectivity index (χ0v) is 12.3. The molecule has 0 spiro atoms. The fourth-order valence-electron chi connectivity index (χ4n) is 1.32. The molecule has 3 nitrogen and oxygen atoms in total. The summed E-state index contributed by atoms with van der Waals surface area (Å²) in [6, 6.07) is 0. The third-order valence-corrected chi connectivity index (χ3v) is 4.78. The van der Waals surface area contributed by atoms with Crippen LogP contribution in [-0.2, 0) is 13.6 Å². The maximum absolute atomic E-state index is 12.3. The van der Waals surface area contributed by atoms with Crippen LogP contribution < -0.4 is 0 Å². The minimum absolute atomic E-state index is 0.0520. The summed E-state index contributed by atoms with van der Waals surface area (Å²) >= 11 is 0. The molecule has 0 heterocycles. The second-order valence-electron chi connectivity index (χ2n) is 4.68. The van der Waals surface area contributed by atoms with Crippen LogP contribution in [0, 0.1) is 0 Å². The smallest absolute Gasteiger partial charge is 0.308 e. The molecule has 0 amide bonds. The number of hydrogen-bond donors (Lipinski definition) is 0. The molecule has 4 heteroatoms. The van der Waals surface area contributed by atoms with Crippen molar-refractivity contribution in [1.82, 2.24) is 0 Å². The molecule has 0 aromatic rings. The Balaban J connectivity index is 3.99. The first-order valence-corrected chi connectivity index (χ1v) is 7.96. The van der Waals surface area contributed by atoms with Gasteiger partial charge < -0.3 is 9.05 Å². The van der Waals surface area contributed by atoms with E-state index < -0.39 is 7.60 Å². The largest absolute Gasteiger partial charge is 0.333 e. The molecule has 0 aliphatic carbocycles. The highest BCUT2D eigenvalue weighted by Crippen LogP contribution is 2.53. The maximum atomic E-state index is 12.3. The van der Waals surface area contributed by atoms with Crippen molar-refractivity contribution >= 4 is 7.60 Å². The molecule has 0 rings (SSSR count). The molecule has 0 fully saturated rings. The molecule has 1 unspecified atom stereocenters. The highest BCUT2D eigenvalue weighted by Gasteiger charge is 2.30. The van der Waals surface area contributed by atoms with E-state index in [0.717, 1.165) is 12.8 Å². The summed E-state index contributed by atoms with van der Waals surface area (Å²) in [6.45, 7) is 10.2. The Bertz CT molecular complexity index is 214. The monoisotopic (exact) mass is 250 g/mol. The van der Waals surface area contributed by atoms with E-state index in [1.807, 2.05) is 27.7 Å². The van der Waals surface area contributed by atoms with Gasteiger partial charge in [-0.1, -0.05) is 40.0 Å². The molecule has 0 aliphatic heterocycles. The van der Waals surface area contributed by atoms with Crippen LogP contribution in [0.15, 0.2) is 0 Å². The van der Waals surface area contributed by atoms with Gasteiger partial charge in [0.15, 0.2) is 0 Å². The van der Waals surface area contributed by atoms with Crippen LogP contribution in [0.1, 0.15) is 60.3 Å². The van der Waals surface area contributed by atoms with E-state index in [-0.39, 0.29) is 11.8 Å². The topological polar surface area (TPSA) is 35.5 Å². The van der Waals surface area contributed by atoms with E-state index in [9.17, 15) is 4.57 Å². The maximum Gasteiger partial charge on any atom is 0.333 e. The van der Waals surface area contributed by atoms with E-state index in [1.165, 1.54) is 12.8 Å². The number of hydrogen-bond acceptors (Lipinski definition) is 3. The van der Waals surface area contributed by atoms with Crippen molar-refractivity contribution in [1.29, 1.82) is 0 Å². The Morgan fingerprint density at radius 3 is 2.12 bits per heavy atom. The average molecular weight is 250 g/mol. The predicted molar refractivity (Wildman–Crippen MR) is 69.1 cm³/mol. The van der Waals surface area contributed by atoms with Crippen molar-refractivity contribution in [3.8, 4) is 0 Å². The lowest BCUT2D eigenvalue weighted by Gasteiger charge is -2.23. The Kier molecular flexibility index (Phi) is 8.35. The summed E-state index contributed by atoms with van der Waals surface area (Å²) in [5, 5.41) is 0. The van der Waals surface area contributed by atoms with Crippen LogP contribution in [-0.4, -0.2) is 18.4 Å². The molecular weight excluding hydrogens is 223 g/mol. The first-order chi connectivity index (χ1) is 7.42. The fraction of sp³-hybridized carbons (Fsp3) is 1.00. The van der Waals surface area contributed by atoms with E-state index in [0.29, 0.717) is 6.61 Å². The van der Waals surface area contributed by atoms with Crippen molar-refractivity contribution in [2.75, 3.05) is 6.61 Å². The molecule has 0 bridgehead atoms. The second-order valence-corrected chi connectivity index (χ2v) is 7.26. The Labute approximate surface area is 100 Å². The predicted octanol–water partition coefficient (Wildman–Crippen LogP) is 4.61. The van der Waals surface area contributed by atoms with Gasteiger partial charge in [0.05, 0.1) is 18.4 Å². The standard InChI is InChI=1S/C12H27O3P/c1-6-7-8-9-10-14-16(13,12(4)5)15-11(2)3/h11-12H,6-10H2,1-5H3. The molecule has 98 valence electrons. The van der Waals surface area contributed by atoms with Gasteiger partial charge in [0.2, 0.25) is 0 Å². The molecule has 0 N–H and O–H groups in total. The summed E-state index contributed by atoms with van der Waals surface area (Å²) in [4.78, 5) is 0. The van der Waals surface area contributed by atoms with Gasteiger partial charge in [-0.2, -0.15) is 0 Å². The van der Waals surface area contributed by atoms with Gasteiger partial charge in [-0.05, 0) is 20.3 Å². The summed E-state index contributed by atoms with van der Waals surface area (Å²) in [6.07, 6.45) is 4.45. The Morgan fingerprint density at radius 2 is 1.69 bits per heavy atom. The molecule has 0 saturated carbocycles. The van der Waals surface area contributed by atoms with Crippen LogP contribution in [0.3, 0.4) is 0 Å². The lowest BCUT2D eigenvalue weighted by atomic mass is 10.2. The van der Waals surface area contributed by atoms with Crippen molar-refractivity contribution in [3.63, 3.8) is 0 Å². The van der Waals surface area contributed by atoms with Crippen LogP contribution in [0.4, 0.5) is 0 Å². The van der Waals surface area contributed by atoms with Crippen LogP contribution in [0.2, 0.25) is 0 Å². The van der Waals surface area contributed by atoms with E-state index in [4.69, 9.17) is 9.05 Å². The summed E-state index contributed by atoms with van der Waals surface area (Å²) in [7, 11) is -2.90. The van der Waals surface area contributed by atoms with Crippen molar-refractivity contribution < 1.29 is 13.6 Å². The first kappa shape index (κ1) is 16.1. The minimum Gasteiger partial charge on any atom is -0.308 e. The second kappa shape index (κ2) is 8.27. The molecule has 0 aliphatic rings. The van der Waals surface area contributed by atoms with Crippen molar-refractivity contribution in [3.05, 3.63) is 0 Å². The van der Waals surface area contributed by atoms with Crippen LogP contribution >= 0.6 is 7.60 Å². The zero-order chi connectivity index (χ0) is 12.6. The van der Waals surface area contributed by atoms with E-state index >= 15 is 0 Å². The summed E-state index contributed by atoms with van der Waals surface area (Å²) in [5.74, 6) is 0. The number of rotatable bonds is 9. The average Bonchev–Trinajstić information content (AvgIpc) is 2.16. The quantitative estimate of drug-likeness (QED) is 0.443. The van der Waals surface area contributed by atoms with Gasteiger partial charge >= 0.3 is 7.60 Å². The first-order valence-electron chi connectivity index (χ1n) is 6.35. The summed E-state index contributed by atoms with van der Waals surface area (Å²) < 4.78 is 23.2. The highest BCUT2D eigenvalue weighted by molar-refractivity contribution is 7.54. The lowest BCUT2D eigenvalue weighted by Crippen LogP contribution is -2.11. The van der Waals surface area contributed by atoms with Gasteiger partial charge in [-0.3, -0.25) is 4.57 Å². The Hall–Kier alpha value is 0.150. The molecule has 0 aromatic heterocycles.